The summed E-state index contributed by atoms with van der Waals surface area (Å²) in [6.45, 7) is 10.8. The maximum atomic E-state index is 13.6. The second kappa shape index (κ2) is 11.3. The number of aliphatic imine (C=N–C) groups is 1. The van der Waals surface area contributed by atoms with Gasteiger partial charge >= 0.3 is 5.97 Å². The maximum absolute atomic E-state index is 13.6. The third kappa shape index (κ3) is 6.08. The summed E-state index contributed by atoms with van der Waals surface area (Å²) < 4.78 is 16.8. The molecule has 0 aliphatic carbocycles. The van der Waals surface area contributed by atoms with Crippen LogP contribution in [0.2, 0.25) is 0 Å². The number of esters is 1. The monoisotopic (exact) mass is 556 g/mol. The van der Waals surface area contributed by atoms with E-state index in [0.717, 1.165) is 11.3 Å². The van der Waals surface area contributed by atoms with Crippen molar-refractivity contribution in [3.63, 3.8) is 0 Å². The quantitative estimate of drug-likeness (QED) is 0.489. The Morgan fingerprint density at radius 2 is 1.67 bits per heavy atom. The molecule has 0 radical (unpaired) electrons. The van der Waals surface area contributed by atoms with Gasteiger partial charge in [0.2, 0.25) is 11.8 Å². The molecule has 0 N–H and O–H groups in total. The number of carbonyl (C=O) groups is 3. The standard InChI is InChI=1S/C28H36N4O6S/c1-17-24(26(35)38-28(3,4)5)25(19-8-9-21(36-6)22(14-19)37-7)32-20(16-39-27(32)29-17)15-23(34)31-12-10-30(11-13-31)18(2)33/h8-9,14,16,25H,10-13,15H2,1-7H3/t25-/m1/s1. The van der Waals surface area contributed by atoms with Crippen molar-refractivity contribution < 1.29 is 28.6 Å². The molecule has 11 heteroatoms. The van der Waals surface area contributed by atoms with E-state index in [1.54, 1.807) is 43.9 Å². The lowest BCUT2D eigenvalue weighted by molar-refractivity contribution is -0.150. The van der Waals surface area contributed by atoms with Gasteiger partial charge in [-0.3, -0.25) is 9.59 Å². The fourth-order valence-corrected chi connectivity index (χ4v) is 5.80. The molecule has 39 heavy (non-hydrogen) atoms. The number of allylic oxidation sites excluding steroid dienone is 1. The van der Waals surface area contributed by atoms with E-state index in [-0.39, 0.29) is 18.2 Å². The van der Waals surface area contributed by atoms with Gasteiger partial charge in [-0.15, -0.1) is 0 Å². The van der Waals surface area contributed by atoms with Crippen molar-refractivity contribution in [3.05, 3.63) is 46.1 Å². The van der Waals surface area contributed by atoms with E-state index < -0.39 is 17.6 Å². The second-order valence-electron chi connectivity index (χ2n) is 10.6. The highest BCUT2D eigenvalue weighted by Gasteiger charge is 2.42. The summed E-state index contributed by atoms with van der Waals surface area (Å²) in [6, 6.07) is 4.94. The molecule has 0 saturated carbocycles. The summed E-state index contributed by atoms with van der Waals surface area (Å²) in [5.74, 6) is 0.600. The molecule has 0 unspecified atom stereocenters. The number of benzene rings is 1. The normalized spacial score (nSPS) is 19.4. The summed E-state index contributed by atoms with van der Waals surface area (Å²) in [5, 5.41) is 2.60. The van der Waals surface area contributed by atoms with E-state index in [1.807, 2.05) is 43.2 Å². The fourth-order valence-electron chi connectivity index (χ4n) is 4.84. The molecule has 1 saturated heterocycles. The average Bonchev–Trinajstić information content (AvgIpc) is 3.27. The van der Waals surface area contributed by atoms with Crippen LogP contribution in [0.15, 0.2) is 45.6 Å². The number of amides is 2. The molecule has 10 nitrogen and oxygen atoms in total. The van der Waals surface area contributed by atoms with Crippen LogP contribution in [0.25, 0.3) is 0 Å². The highest BCUT2D eigenvalue weighted by atomic mass is 32.2. The van der Waals surface area contributed by atoms with Gasteiger partial charge in [0, 0.05) is 38.8 Å². The van der Waals surface area contributed by atoms with Gasteiger partial charge in [0.05, 0.1) is 38.0 Å². The Morgan fingerprint density at radius 3 is 2.26 bits per heavy atom. The third-order valence-corrected chi connectivity index (χ3v) is 7.64. The SMILES string of the molecule is COc1ccc([C@@H]2C(C(=O)OC(C)(C)C)=C(C)N=C3SC=C(CC(=O)N4CCN(C(C)=O)CC4)N32)cc1OC. The van der Waals surface area contributed by atoms with Gasteiger partial charge in [0.15, 0.2) is 16.7 Å². The fraction of sp³-hybridized carbons (Fsp3) is 0.500. The molecule has 3 aliphatic heterocycles. The zero-order valence-corrected chi connectivity index (χ0v) is 24.4. The molecular weight excluding hydrogens is 520 g/mol. The summed E-state index contributed by atoms with van der Waals surface area (Å²) in [5.41, 5.74) is 1.77. The van der Waals surface area contributed by atoms with Gasteiger partial charge in [-0.25, -0.2) is 9.79 Å². The molecule has 1 atom stereocenters. The summed E-state index contributed by atoms with van der Waals surface area (Å²) in [4.78, 5) is 48.8. The first kappa shape index (κ1) is 28.5. The number of fused-ring (bicyclic) bond motifs is 1. The van der Waals surface area contributed by atoms with Crippen LogP contribution in [0, 0.1) is 0 Å². The number of hydrogen-bond donors (Lipinski definition) is 0. The second-order valence-corrected chi connectivity index (χ2v) is 11.4. The number of hydrogen-bond acceptors (Lipinski definition) is 9. The van der Waals surface area contributed by atoms with Crippen molar-refractivity contribution in [3.8, 4) is 11.5 Å². The Bertz CT molecular complexity index is 1260. The van der Waals surface area contributed by atoms with Crippen molar-refractivity contribution in [1.82, 2.24) is 14.7 Å². The van der Waals surface area contributed by atoms with Crippen LogP contribution in [0.5, 0.6) is 11.5 Å². The lowest BCUT2D eigenvalue weighted by atomic mass is 9.93. The van der Waals surface area contributed by atoms with Crippen LogP contribution in [0.1, 0.15) is 52.6 Å². The predicted octanol–water partition coefficient (Wildman–Crippen LogP) is 3.70. The first-order chi connectivity index (χ1) is 18.4. The predicted molar refractivity (Wildman–Crippen MR) is 149 cm³/mol. The van der Waals surface area contributed by atoms with E-state index in [0.29, 0.717) is 54.1 Å². The molecule has 1 fully saturated rings. The summed E-state index contributed by atoms with van der Waals surface area (Å²) in [6.07, 6.45) is 0.135. The Kier molecular flexibility index (Phi) is 8.29. The number of nitrogens with zero attached hydrogens (tertiary/aromatic N) is 4. The number of methoxy groups -OCH3 is 2. The number of rotatable bonds is 6. The average molecular weight is 557 g/mol. The highest BCUT2D eigenvalue weighted by molar-refractivity contribution is 8.16. The molecule has 0 spiro atoms. The number of amidine groups is 1. The topological polar surface area (TPSA) is 101 Å². The van der Waals surface area contributed by atoms with Crippen LogP contribution in [-0.4, -0.2) is 83.7 Å². The Morgan fingerprint density at radius 1 is 1.03 bits per heavy atom. The van der Waals surface area contributed by atoms with Crippen molar-refractivity contribution in [2.45, 2.75) is 52.7 Å². The van der Waals surface area contributed by atoms with Crippen LogP contribution in [0.4, 0.5) is 0 Å². The van der Waals surface area contributed by atoms with Gasteiger partial charge in [0.1, 0.15) is 5.60 Å². The maximum Gasteiger partial charge on any atom is 0.338 e. The number of thioether (sulfide) groups is 1. The van der Waals surface area contributed by atoms with E-state index in [4.69, 9.17) is 19.2 Å². The first-order valence-electron chi connectivity index (χ1n) is 12.9. The van der Waals surface area contributed by atoms with Crippen LogP contribution in [0.3, 0.4) is 0 Å². The van der Waals surface area contributed by atoms with Gasteiger partial charge in [-0.1, -0.05) is 17.8 Å². The molecule has 4 rings (SSSR count). The number of carbonyl (C=O) groups excluding carboxylic acids is 3. The van der Waals surface area contributed by atoms with Crippen molar-refractivity contribution in [2.75, 3.05) is 40.4 Å². The van der Waals surface area contributed by atoms with Crippen LogP contribution < -0.4 is 9.47 Å². The Balaban J connectivity index is 1.68. The molecule has 1 aromatic carbocycles. The molecule has 2 amide bonds. The van der Waals surface area contributed by atoms with Crippen molar-refractivity contribution in [1.29, 1.82) is 0 Å². The largest absolute Gasteiger partial charge is 0.493 e. The molecule has 0 bridgehead atoms. The summed E-state index contributed by atoms with van der Waals surface area (Å²) >= 11 is 1.42. The zero-order chi connectivity index (χ0) is 28.5. The van der Waals surface area contributed by atoms with Gasteiger partial charge in [-0.05, 0) is 50.8 Å². The Labute approximate surface area is 233 Å². The lowest BCUT2D eigenvalue weighted by Crippen LogP contribution is -2.50. The molecule has 3 heterocycles. The molecular formula is C28H36N4O6S. The van der Waals surface area contributed by atoms with Gasteiger partial charge < -0.3 is 28.9 Å². The molecule has 0 aromatic heterocycles. The van der Waals surface area contributed by atoms with Crippen molar-refractivity contribution >= 4 is 34.7 Å². The molecule has 3 aliphatic rings. The van der Waals surface area contributed by atoms with E-state index in [1.165, 1.54) is 11.8 Å². The minimum absolute atomic E-state index is 0.0146. The van der Waals surface area contributed by atoms with Gasteiger partial charge in [0.25, 0.3) is 0 Å². The lowest BCUT2D eigenvalue weighted by Gasteiger charge is -2.38. The molecule has 1 aromatic rings. The summed E-state index contributed by atoms with van der Waals surface area (Å²) in [7, 11) is 3.13. The number of piperazine rings is 1. The zero-order valence-electron chi connectivity index (χ0n) is 23.6. The van der Waals surface area contributed by atoms with E-state index in [9.17, 15) is 14.4 Å². The highest BCUT2D eigenvalue weighted by Crippen LogP contribution is 2.46. The van der Waals surface area contributed by atoms with E-state index >= 15 is 0 Å². The van der Waals surface area contributed by atoms with Crippen LogP contribution >= 0.6 is 11.8 Å². The first-order valence-corrected chi connectivity index (χ1v) is 13.7. The number of ether oxygens (including phenoxy) is 3. The minimum atomic E-state index is -0.701. The minimum Gasteiger partial charge on any atom is -0.493 e. The van der Waals surface area contributed by atoms with Crippen LogP contribution in [-0.2, 0) is 19.1 Å². The van der Waals surface area contributed by atoms with E-state index in [2.05, 4.69) is 0 Å². The smallest absolute Gasteiger partial charge is 0.338 e. The molecule has 210 valence electrons. The Hall–Kier alpha value is -3.47. The van der Waals surface area contributed by atoms with Crippen molar-refractivity contribution in [2.24, 2.45) is 4.99 Å². The third-order valence-electron chi connectivity index (χ3n) is 6.75. The van der Waals surface area contributed by atoms with Gasteiger partial charge in [-0.2, -0.15) is 0 Å².